The molecule has 0 N–H and O–H groups in total. The molecule has 2 nitrogen and oxygen atoms in total. The molecule has 0 bridgehead atoms. The van der Waals surface area contributed by atoms with Crippen LogP contribution < -0.4 is 0 Å². The Morgan fingerprint density at radius 2 is 1.95 bits per heavy atom. The highest BCUT2D eigenvalue weighted by atomic mass is 32.2. The van der Waals surface area contributed by atoms with Crippen molar-refractivity contribution in [3.8, 4) is 0 Å². The molecule has 19 heavy (non-hydrogen) atoms. The number of rotatable bonds is 4. The van der Waals surface area contributed by atoms with Crippen molar-refractivity contribution in [3.05, 3.63) is 65.5 Å². The summed E-state index contributed by atoms with van der Waals surface area (Å²) in [7, 11) is 1.28. The quantitative estimate of drug-likeness (QED) is 0.625. The monoisotopic (exact) mass is 276 g/mol. The second-order valence-electron chi connectivity index (χ2n) is 3.91. The third kappa shape index (κ3) is 3.58. The molecule has 0 aromatic heterocycles. The molecule has 0 aliphatic heterocycles. The van der Waals surface area contributed by atoms with Crippen molar-refractivity contribution in [2.24, 2.45) is 0 Å². The molecular weight excluding hydrogens is 263 g/mol. The zero-order chi connectivity index (χ0) is 13.7. The molecule has 2 rings (SSSR count). The molecule has 0 heterocycles. The van der Waals surface area contributed by atoms with Crippen molar-refractivity contribution in [2.45, 2.75) is 10.6 Å². The van der Waals surface area contributed by atoms with Gasteiger partial charge in [0.25, 0.3) is 0 Å². The van der Waals surface area contributed by atoms with Crippen LogP contribution in [0.5, 0.6) is 0 Å². The van der Waals surface area contributed by atoms with Gasteiger partial charge in [0, 0.05) is 10.6 Å². The molecule has 0 aliphatic carbocycles. The van der Waals surface area contributed by atoms with E-state index in [1.807, 2.05) is 30.3 Å². The van der Waals surface area contributed by atoms with E-state index in [0.717, 1.165) is 5.56 Å². The van der Waals surface area contributed by atoms with Gasteiger partial charge in [0.05, 0.1) is 12.7 Å². The molecular formula is C15H13FO2S. The summed E-state index contributed by atoms with van der Waals surface area (Å²) in [5.41, 5.74) is 1.35. The number of carbonyl (C=O) groups excluding carboxylic acids is 1. The van der Waals surface area contributed by atoms with Gasteiger partial charge in [-0.15, -0.1) is 11.8 Å². The molecule has 2 aromatic carbocycles. The van der Waals surface area contributed by atoms with Crippen LogP contribution in [0.25, 0.3) is 0 Å². The number of carbonyl (C=O) groups is 1. The molecule has 0 fully saturated rings. The van der Waals surface area contributed by atoms with E-state index in [2.05, 4.69) is 4.74 Å². The maximum Gasteiger partial charge on any atom is 0.337 e. The lowest BCUT2D eigenvalue weighted by Gasteiger charge is -2.05. The summed E-state index contributed by atoms with van der Waals surface area (Å²) in [6.45, 7) is 0. The average Bonchev–Trinajstić information content (AvgIpc) is 2.46. The summed E-state index contributed by atoms with van der Waals surface area (Å²) < 4.78 is 18.4. The van der Waals surface area contributed by atoms with Gasteiger partial charge < -0.3 is 4.74 Å². The van der Waals surface area contributed by atoms with Gasteiger partial charge in [-0.3, -0.25) is 0 Å². The van der Waals surface area contributed by atoms with Gasteiger partial charge in [-0.05, 0) is 23.8 Å². The van der Waals surface area contributed by atoms with Gasteiger partial charge >= 0.3 is 5.97 Å². The highest BCUT2D eigenvalue weighted by Gasteiger charge is 2.10. The molecule has 0 unspecified atom stereocenters. The lowest BCUT2D eigenvalue weighted by Crippen LogP contribution is -2.01. The molecule has 0 aliphatic rings. The minimum Gasteiger partial charge on any atom is -0.465 e. The SMILES string of the molecule is COC(=O)c1ccc(SCc2ccccc2)c(F)c1. The van der Waals surface area contributed by atoms with Crippen LogP contribution in [0.3, 0.4) is 0 Å². The van der Waals surface area contributed by atoms with Gasteiger partial charge in [0.15, 0.2) is 0 Å². The van der Waals surface area contributed by atoms with Crippen LogP contribution in [-0.2, 0) is 10.5 Å². The van der Waals surface area contributed by atoms with Gasteiger partial charge in [0.2, 0.25) is 0 Å². The summed E-state index contributed by atoms with van der Waals surface area (Å²) in [5, 5.41) is 0. The number of esters is 1. The predicted molar refractivity (Wildman–Crippen MR) is 73.7 cm³/mol. The van der Waals surface area contributed by atoms with Crippen LogP contribution in [-0.4, -0.2) is 13.1 Å². The Morgan fingerprint density at radius 1 is 1.21 bits per heavy atom. The van der Waals surface area contributed by atoms with Crippen molar-refractivity contribution in [3.63, 3.8) is 0 Å². The van der Waals surface area contributed by atoms with E-state index in [9.17, 15) is 9.18 Å². The fourth-order valence-electron chi connectivity index (χ4n) is 1.60. The number of ether oxygens (including phenoxy) is 1. The van der Waals surface area contributed by atoms with E-state index in [4.69, 9.17) is 0 Å². The van der Waals surface area contributed by atoms with Crippen LogP contribution >= 0.6 is 11.8 Å². The van der Waals surface area contributed by atoms with Crippen LogP contribution in [0.4, 0.5) is 4.39 Å². The molecule has 0 amide bonds. The molecule has 0 atom stereocenters. The second kappa shape index (κ2) is 6.38. The average molecular weight is 276 g/mol. The van der Waals surface area contributed by atoms with E-state index >= 15 is 0 Å². The van der Waals surface area contributed by atoms with Crippen molar-refractivity contribution in [1.82, 2.24) is 0 Å². The van der Waals surface area contributed by atoms with Gasteiger partial charge in [0.1, 0.15) is 5.82 Å². The fourth-order valence-corrected chi connectivity index (χ4v) is 2.47. The largest absolute Gasteiger partial charge is 0.465 e. The Hall–Kier alpha value is -1.81. The van der Waals surface area contributed by atoms with Crippen molar-refractivity contribution in [2.75, 3.05) is 7.11 Å². The Bertz CT molecular complexity index is 570. The maximum atomic E-state index is 13.8. The van der Waals surface area contributed by atoms with Crippen LogP contribution in [0, 0.1) is 5.82 Å². The van der Waals surface area contributed by atoms with E-state index in [1.165, 1.54) is 24.9 Å². The van der Waals surface area contributed by atoms with Crippen LogP contribution in [0.2, 0.25) is 0 Å². The highest BCUT2D eigenvalue weighted by molar-refractivity contribution is 7.98. The lowest BCUT2D eigenvalue weighted by atomic mass is 10.2. The highest BCUT2D eigenvalue weighted by Crippen LogP contribution is 2.26. The van der Waals surface area contributed by atoms with Crippen molar-refractivity contribution < 1.29 is 13.9 Å². The number of hydrogen-bond acceptors (Lipinski definition) is 3. The summed E-state index contributed by atoms with van der Waals surface area (Å²) in [6, 6.07) is 14.2. The normalized spacial score (nSPS) is 10.2. The summed E-state index contributed by atoms with van der Waals surface area (Å²) in [6.07, 6.45) is 0. The van der Waals surface area contributed by atoms with Gasteiger partial charge in [-0.25, -0.2) is 9.18 Å². The van der Waals surface area contributed by atoms with Crippen LogP contribution in [0.15, 0.2) is 53.4 Å². The topological polar surface area (TPSA) is 26.3 Å². The van der Waals surface area contributed by atoms with Gasteiger partial charge in [-0.1, -0.05) is 30.3 Å². The molecule has 0 saturated heterocycles. The van der Waals surface area contributed by atoms with Crippen molar-refractivity contribution >= 4 is 17.7 Å². The Morgan fingerprint density at radius 3 is 2.58 bits per heavy atom. The Balaban J connectivity index is 2.07. The van der Waals surface area contributed by atoms with Crippen molar-refractivity contribution in [1.29, 1.82) is 0 Å². The van der Waals surface area contributed by atoms with E-state index in [0.29, 0.717) is 10.6 Å². The first-order valence-corrected chi connectivity index (χ1v) is 6.74. The zero-order valence-corrected chi connectivity index (χ0v) is 11.2. The zero-order valence-electron chi connectivity index (χ0n) is 10.4. The molecule has 4 heteroatoms. The number of halogens is 1. The minimum absolute atomic E-state index is 0.226. The van der Waals surface area contributed by atoms with Crippen LogP contribution in [0.1, 0.15) is 15.9 Å². The fraction of sp³-hybridized carbons (Fsp3) is 0.133. The number of benzene rings is 2. The molecule has 0 radical (unpaired) electrons. The standard InChI is InChI=1S/C15H13FO2S/c1-18-15(17)12-7-8-14(13(16)9-12)19-10-11-5-3-2-4-6-11/h2-9H,10H2,1H3. The summed E-state index contributed by atoms with van der Waals surface area (Å²) >= 11 is 1.40. The van der Waals surface area contributed by atoms with E-state index in [1.54, 1.807) is 12.1 Å². The first-order chi connectivity index (χ1) is 9.20. The summed E-state index contributed by atoms with van der Waals surface area (Å²) in [5.74, 6) is -0.239. The lowest BCUT2D eigenvalue weighted by molar-refractivity contribution is 0.0600. The maximum absolute atomic E-state index is 13.8. The summed E-state index contributed by atoms with van der Waals surface area (Å²) in [4.78, 5) is 11.8. The smallest absolute Gasteiger partial charge is 0.337 e. The Kier molecular flexibility index (Phi) is 4.58. The molecule has 0 spiro atoms. The molecule has 98 valence electrons. The number of methoxy groups -OCH3 is 1. The van der Waals surface area contributed by atoms with E-state index in [-0.39, 0.29) is 5.56 Å². The first kappa shape index (κ1) is 13.6. The molecule has 2 aromatic rings. The predicted octanol–water partition coefficient (Wildman–Crippen LogP) is 3.90. The van der Waals surface area contributed by atoms with E-state index < -0.39 is 11.8 Å². The number of thioether (sulfide) groups is 1. The van der Waals surface area contributed by atoms with Gasteiger partial charge in [-0.2, -0.15) is 0 Å². The first-order valence-electron chi connectivity index (χ1n) is 5.75. The minimum atomic E-state index is -0.529. The Labute approximate surface area is 115 Å². The second-order valence-corrected chi connectivity index (χ2v) is 4.93. The number of hydrogen-bond donors (Lipinski definition) is 0. The third-order valence-corrected chi connectivity index (χ3v) is 3.71. The third-order valence-electron chi connectivity index (χ3n) is 2.59. The molecule has 0 saturated carbocycles.